The van der Waals surface area contributed by atoms with Gasteiger partial charge < -0.3 is 10.6 Å². The molecular formula is C17H23Cl2FN2O. The second-order valence-electron chi connectivity index (χ2n) is 6.63. The van der Waals surface area contributed by atoms with E-state index >= 15 is 0 Å². The van der Waals surface area contributed by atoms with Crippen molar-refractivity contribution in [3.8, 4) is 0 Å². The molecule has 6 heteroatoms. The predicted molar refractivity (Wildman–Crippen MR) is 92.5 cm³/mol. The van der Waals surface area contributed by atoms with E-state index in [0.29, 0.717) is 29.5 Å². The van der Waals surface area contributed by atoms with Crippen LogP contribution in [0.5, 0.6) is 0 Å². The Balaban J connectivity index is 0.00000192. The summed E-state index contributed by atoms with van der Waals surface area (Å²) < 4.78 is 14.0. The minimum Gasteiger partial charge on any atom is -0.338 e. The molecule has 0 spiro atoms. The lowest BCUT2D eigenvalue weighted by atomic mass is 9.92. The van der Waals surface area contributed by atoms with Crippen LogP contribution in [0.25, 0.3) is 0 Å². The highest BCUT2D eigenvalue weighted by Crippen LogP contribution is 2.51. The number of piperidine rings is 1. The van der Waals surface area contributed by atoms with Gasteiger partial charge in [-0.15, -0.1) is 12.4 Å². The summed E-state index contributed by atoms with van der Waals surface area (Å²) in [5, 5.41) is 0.419. The number of amides is 1. The van der Waals surface area contributed by atoms with Crippen molar-refractivity contribution >= 4 is 29.9 Å². The summed E-state index contributed by atoms with van der Waals surface area (Å²) in [7, 11) is 0. The predicted octanol–water partition coefficient (Wildman–Crippen LogP) is 3.59. The van der Waals surface area contributed by atoms with Crippen LogP contribution in [-0.2, 0) is 4.79 Å². The van der Waals surface area contributed by atoms with Gasteiger partial charge in [-0.1, -0.05) is 24.6 Å². The quantitative estimate of drug-likeness (QED) is 0.894. The minimum atomic E-state index is -0.310. The normalized spacial score (nSPS) is 29.8. The van der Waals surface area contributed by atoms with E-state index in [0.717, 1.165) is 19.4 Å². The number of nitrogens with zero attached hydrogens (tertiary/aromatic N) is 1. The molecule has 1 aliphatic heterocycles. The molecule has 0 radical (unpaired) electrons. The highest BCUT2D eigenvalue weighted by molar-refractivity contribution is 6.31. The van der Waals surface area contributed by atoms with Gasteiger partial charge in [-0.3, -0.25) is 4.79 Å². The molecule has 3 nitrogen and oxygen atoms in total. The Hall–Kier alpha value is -0.840. The van der Waals surface area contributed by atoms with Crippen molar-refractivity contribution in [1.29, 1.82) is 0 Å². The molecule has 2 aliphatic rings. The number of carbonyl (C=O) groups excluding carboxylic acids is 1. The van der Waals surface area contributed by atoms with Gasteiger partial charge in [0.15, 0.2) is 0 Å². The van der Waals surface area contributed by atoms with Crippen LogP contribution in [0.3, 0.4) is 0 Å². The third-order valence-electron chi connectivity index (χ3n) is 5.01. The van der Waals surface area contributed by atoms with Gasteiger partial charge in [-0.05, 0) is 37.3 Å². The molecule has 1 amide bonds. The Labute approximate surface area is 147 Å². The van der Waals surface area contributed by atoms with E-state index in [1.807, 2.05) is 4.90 Å². The third-order valence-corrected chi connectivity index (χ3v) is 5.34. The molecule has 2 N–H and O–H groups in total. The molecule has 23 heavy (non-hydrogen) atoms. The average molecular weight is 361 g/mol. The number of likely N-dealkylation sites (tertiary alicyclic amines) is 1. The summed E-state index contributed by atoms with van der Waals surface area (Å²) in [4.78, 5) is 14.7. The van der Waals surface area contributed by atoms with Crippen molar-refractivity contribution < 1.29 is 9.18 Å². The maximum Gasteiger partial charge on any atom is 0.226 e. The smallest absolute Gasteiger partial charge is 0.226 e. The Morgan fingerprint density at radius 2 is 2.17 bits per heavy atom. The van der Waals surface area contributed by atoms with E-state index < -0.39 is 0 Å². The van der Waals surface area contributed by atoms with E-state index in [1.54, 1.807) is 12.1 Å². The first-order valence-corrected chi connectivity index (χ1v) is 8.35. The van der Waals surface area contributed by atoms with E-state index in [9.17, 15) is 9.18 Å². The lowest BCUT2D eigenvalue weighted by molar-refractivity contribution is -0.136. The summed E-state index contributed by atoms with van der Waals surface area (Å²) in [5.74, 6) is 0.187. The van der Waals surface area contributed by atoms with Crippen molar-refractivity contribution in [1.82, 2.24) is 4.90 Å². The molecule has 1 aromatic carbocycles. The summed E-state index contributed by atoms with van der Waals surface area (Å²) in [5.41, 5.74) is 6.33. The van der Waals surface area contributed by atoms with Gasteiger partial charge in [0, 0.05) is 41.6 Å². The molecule has 1 aliphatic carbocycles. The van der Waals surface area contributed by atoms with Gasteiger partial charge >= 0.3 is 0 Å². The third kappa shape index (κ3) is 3.65. The van der Waals surface area contributed by atoms with Crippen LogP contribution in [0.2, 0.25) is 5.02 Å². The zero-order valence-corrected chi connectivity index (χ0v) is 14.7. The highest BCUT2D eigenvalue weighted by Gasteiger charge is 2.49. The van der Waals surface area contributed by atoms with Crippen LogP contribution in [0.4, 0.5) is 4.39 Å². The lowest BCUT2D eigenvalue weighted by Gasteiger charge is -2.38. The zero-order chi connectivity index (χ0) is 15.9. The lowest BCUT2D eigenvalue weighted by Crippen LogP contribution is -2.50. The Morgan fingerprint density at radius 3 is 2.83 bits per heavy atom. The number of rotatable bonds is 3. The van der Waals surface area contributed by atoms with Crippen molar-refractivity contribution in [2.24, 2.45) is 17.6 Å². The van der Waals surface area contributed by atoms with Crippen LogP contribution in [0.1, 0.15) is 37.7 Å². The maximum absolute atomic E-state index is 14.0. The standard InChI is InChI=1S/C17H22ClFN2O.ClH/c1-10-5-6-21(11(7-10)9-20)17(22)13-8-12(13)16-14(18)3-2-4-15(16)19;/h2-4,10-13H,5-9,20H2,1H3;1H. The number of halogens is 3. The van der Waals surface area contributed by atoms with Crippen LogP contribution in [-0.4, -0.2) is 29.9 Å². The van der Waals surface area contributed by atoms with Crippen molar-refractivity contribution in [2.45, 2.75) is 38.1 Å². The first-order valence-electron chi connectivity index (χ1n) is 7.97. The Morgan fingerprint density at radius 1 is 1.43 bits per heavy atom. The maximum atomic E-state index is 14.0. The van der Waals surface area contributed by atoms with Crippen LogP contribution < -0.4 is 5.73 Å². The minimum absolute atomic E-state index is 0. The molecule has 3 rings (SSSR count). The zero-order valence-electron chi connectivity index (χ0n) is 13.2. The topological polar surface area (TPSA) is 46.3 Å². The van der Waals surface area contributed by atoms with Gasteiger partial charge in [0.2, 0.25) is 5.91 Å². The van der Waals surface area contributed by atoms with Crippen LogP contribution >= 0.6 is 24.0 Å². The first-order chi connectivity index (χ1) is 10.5. The number of carbonyl (C=O) groups is 1. The summed E-state index contributed by atoms with van der Waals surface area (Å²) in [6, 6.07) is 4.81. The fourth-order valence-corrected chi connectivity index (χ4v) is 3.93. The van der Waals surface area contributed by atoms with E-state index in [-0.39, 0.29) is 42.0 Å². The molecule has 1 aromatic rings. The van der Waals surface area contributed by atoms with Gasteiger partial charge in [-0.25, -0.2) is 4.39 Å². The molecule has 2 fully saturated rings. The first kappa shape index (κ1) is 18.5. The van der Waals surface area contributed by atoms with Crippen molar-refractivity contribution in [3.05, 3.63) is 34.6 Å². The van der Waals surface area contributed by atoms with Crippen molar-refractivity contribution in [2.75, 3.05) is 13.1 Å². The largest absolute Gasteiger partial charge is 0.338 e. The molecule has 1 saturated carbocycles. The van der Waals surface area contributed by atoms with Gasteiger partial charge in [0.05, 0.1) is 0 Å². The highest BCUT2D eigenvalue weighted by atomic mass is 35.5. The van der Waals surface area contributed by atoms with E-state index in [1.165, 1.54) is 6.07 Å². The number of nitrogens with two attached hydrogens (primary N) is 1. The SMILES string of the molecule is CC1CCN(C(=O)C2CC2c2c(F)cccc2Cl)C(CN)C1.Cl. The fourth-order valence-electron chi connectivity index (χ4n) is 3.63. The monoisotopic (exact) mass is 360 g/mol. The number of hydrogen-bond acceptors (Lipinski definition) is 2. The Kier molecular flexibility index (Phi) is 5.93. The van der Waals surface area contributed by atoms with Gasteiger partial charge in [-0.2, -0.15) is 0 Å². The molecular weight excluding hydrogens is 338 g/mol. The number of benzene rings is 1. The average Bonchev–Trinajstić information content (AvgIpc) is 3.26. The molecule has 4 atom stereocenters. The second-order valence-corrected chi connectivity index (χ2v) is 7.04. The van der Waals surface area contributed by atoms with Crippen molar-refractivity contribution in [3.63, 3.8) is 0 Å². The van der Waals surface area contributed by atoms with Crippen LogP contribution in [0.15, 0.2) is 18.2 Å². The molecule has 1 heterocycles. The van der Waals surface area contributed by atoms with Crippen LogP contribution in [0, 0.1) is 17.7 Å². The van der Waals surface area contributed by atoms with Gasteiger partial charge in [0.1, 0.15) is 5.82 Å². The summed E-state index contributed by atoms with van der Waals surface area (Å²) in [6.07, 6.45) is 2.66. The summed E-state index contributed by atoms with van der Waals surface area (Å²) >= 11 is 6.11. The fraction of sp³-hybridized carbons (Fsp3) is 0.588. The molecule has 128 valence electrons. The molecule has 1 saturated heterocycles. The van der Waals surface area contributed by atoms with E-state index in [4.69, 9.17) is 17.3 Å². The molecule has 4 unspecified atom stereocenters. The number of hydrogen-bond donors (Lipinski definition) is 1. The Bertz CT molecular complexity index is 563. The summed E-state index contributed by atoms with van der Waals surface area (Å²) in [6.45, 7) is 3.45. The van der Waals surface area contributed by atoms with Gasteiger partial charge in [0.25, 0.3) is 0 Å². The van der Waals surface area contributed by atoms with E-state index in [2.05, 4.69) is 6.92 Å². The second kappa shape index (κ2) is 7.37. The molecule has 0 aromatic heterocycles. The molecule has 0 bridgehead atoms.